The zero-order valence-electron chi connectivity index (χ0n) is 7.02. The number of carbonyl (C=O) groups excluding carboxylic acids is 3. The number of hydrogen-bond donors (Lipinski definition) is 0. The first-order chi connectivity index (χ1) is 5.91. The van der Waals surface area contributed by atoms with Crippen LogP contribution in [-0.2, 0) is 14.4 Å². The molecule has 75 valence electrons. The maximum absolute atomic E-state index is 9.99. The molecule has 8 heteroatoms. The van der Waals surface area contributed by atoms with Gasteiger partial charge in [0, 0.05) is 19.6 Å². The van der Waals surface area contributed by atoms with Gasteiger partial charge in [-0.15, -0.1) is 0 Å². The van der Waals surface area contributed by atoms with Crippen LogP contribution in [0.15, 0.2) is 0 Å². The van der Waals surface area contributed by atoms with Crippen molar-refractivity contribution < 1.29 is 70.5 Å². The standard InChI is InChI=1S/C6H9NO6.Nd/c8-4(9)1-7(2-5(10)11)3-6(12)13;/h1-3H2,(H,8,9)(H,10,11)(H,12,13);/q;+3/p-3. The summed E-state index contributed by atoms with van der Waals surface area (Å²) in [6, 6.07) is 0. The fourth-order valence-corrected chi connectivity index (χ4v) is 0.715. The molecule has 14 heavy (non-hydrogen) atoms. The summed E-state index contributed by atoms with van der Waals surface area (Å²) in [4.78, 5) is 30.6. The second-order valence-corrected chi connectivity index (χ2v) is 2.26. The number of carboxylic acids is 3. The fourth-order valence-electron chi connectivity index (χ4n) is 0.715. The molecule has 0 amide bonds. The average Bonchev–Trinajstić information content (AvgIpc) is 1.80. The minimum Gasteiger partial charge on any atom is -0.549 e. The Bertz CT molecular complexity index is 192. The number of carboxylic acid groups (broad SMARTS) is 3. The maximum atomic E-state index is 9.99. The SMILES string of the molecule is O=C([O-])CN(CC(=O)[O-])CC(=O)[O-].[Nd+3]. The van der Waals surface area contributed by atoms with Crippen LogP contribution in [0, 0.1) is 40.8 Å². The molecule has 0 saturated carbocycles. The van der Waals surface area contributed by atoms with E-state index in [1.807, 2.05) is 0 Å². The van der Waals surface area contributed by atoms with Crippen molar-refractivity contribution in [3.8, 4) is 0 Å². The van der Waals surface area contributed by atoms with Crippen molar-refractivity contribution in [3.05, 3.63) is 0 Å². The Hall–Kier alpha value is -0.279. The van der Waals surface area contributed by atoms with Crippen LogP contribution in [0.2, 0.25) is 0 Å². The predicted octanol–water partition coefficient (Wildman–Crippen LogP) is -5.46. The average molecular weight is 332 g/mol. The first kappa shape index (κ1) is 16.2. The molecule has 0 aliphatic rings. The van der Waals surface area contributed by atoms with Crippen LogP contribution in [-0.4, -0.2) is 42.4 Å². The van der Waals surface area contributed by atoms with Crippen molar-refractivity contribution in [2.45, 2.75) is 0 Å². The Balaban J connectivity index is 0. The van der Waals surface area contributed by atoms with Crippen molar-refractivity contribution >= 4 is 17.9 Å². The molecule has 0 unspecified atom stereocenters. The Morgan fingerprint density at radius 2 is 1.00 bits per heavy atom. The topological polar surface area (TPSA) is 124 Å². The predicted molar refractivity (Wildman–Crippen MR) is 31.5 cm³/mol. The molecule has 0 spiro atoms. The van der Waals surface area contributed by atoms with E-state index in [1.165, 1.54) is 0 Å². The number of hydrogen-bond acceptors (Lipinski definition) is 7. The number of carbonyl (C=O) groups is 3. The zero-order valence-corrected chi connectivity index (χ0v) is 10.2. The molecular weight excluding hydrogens is 326 g/mol. The van der Waals surface area contributed by atoms with E-state index >= 15 is 0 Å². The van der Waals surface area contributed by atoms with E-state index in [-0.39, 0.29) is 40.8 Å². The maximum Gasteiger partial charge on any atom is 3.00 e. The molecule has 0 saturated heterocycles. The Morgan fingerprint density at radius 1 is 0.786 bits per heavy atom. The van der Waals surface area contributed by atoms with Gasteiger partial charge in [-0.25, -0.2) is 0 Å². The van der Waals surface area contributed by atoms with E-state index in [0.717, 1.165) is 0 Å². The normalized spacial score (nSPS) is 9.21. The molecule has 0 aromatic carbocycles. The Kier molecular flexibility index (Phi) is 9.31. The smallest absolute Gasteiger partial charge is 0.549 e. The Morgan fingerprint density at radius 3 is 1.14 bits per heavy atom. The quantitative estimate of drug-likeness (QED) is 0.475. The molecule has 0 rings (SSSR count). The van der Waals surface area contributed by atoms with E-state index in [2.05, 4.69) is 0 Å². The largest absolute Gasteiger partial charge is 3.00 e. The molecule has 0 atom stereocenters. The molecule has 0 aromatic heterocycles. The second-order valence-electron chi connectivity index (χ2n) is 2.26. The summed E-state index contributed by atoms with van der Waals surface area (Å²) in [7, 11) is 0. The minimum atomic E-state index is -1.57. The van der Waals surface area contributed by atoms with Gasteiger partial charge in [-0.3, -0.25) is 4.90 Å². The van der Waals surface area contributed by atoms with Gasteiger partial charge in [0.05, 0.1) is 17.9 Å². The van der Waals surface area contributed by atoms with E-state index in [0.29, 0.717) is 4.90 Å². The van der Waals surface area contributed by atoms with Crippen LogP contribution in [0.4, 0.5) is 0 Å². The molecule has 7 nitrogen and oxygen atoms in total. The fraction of sp³-hybridized carbons (Fsp3) is 0.500. The van der Waals surface area contributed by atoms with Gasteiger partial charge >= 0.3 is 40.8 Å². The van der Waals surface area contributed by atoms with Crippen molar-refractivity contribution in [2.24, 2.45) is 0 Å². The van der Waals surface area contributed by atoms with Crippen LogP contribution in [0.3, 0.4) is 0 Å². The molecule has 1 radical (unpaired) electrons. The van der Waals surface area contributed by atoms with Crippen molar-refractivity contribution in [1.82, 2.24) is 4.90 Å². The van der Waals surface area contributed by atoms with Crippen molar-refractivity contribution in [2.75, 3.05) is 19.6 Å². The van der Waals surface area contributed by atoms with Gasteiger partial charge in [0.15, 0.2) is 0 Å². The number of rotatable bonds is 6. The van der Waals surface area contributed by atoms with Gasteiger partial charge in [-0.1, -0.05) is 0 Å². The molecule has 0 aromatic rings. The first-order valence-corrected chi connectivity index (χ1v) is 3.23. The van der Waals surface area contributed by atoms with Crippen LogP contribution in [0.5, 0.6) is 0 Å². The van der Waals surface area contributed by atoms with Crippen LogP contribution in [0.25, 0.3) is 0 Å². The van der Waals surface area contributed by atoms with Crippen LogP contribution in [0.1, 0.15) is 0 Å². The molecule has 0 N–H and O–H groups in total. The minimum absolute atomic E-state index is 0. The Labute approximate surface area is 112 Å². The van der Waals surface area contributed by atoms with E-state index < -0.39 is 37.5 Å². The van der Waals surface area contributed by atoms with Gasteiger partial charge < -0.3 is 29.7 Å². The van der Waals surface area contributed by atoms with Gasteiger partial charge in [0.2, 0.25) is 0 Å². The third-order valence-electron chi connectivity index (χ3n) is 1.06. The number of nitrogens with zero attached hydrogens (tertiary/aromatic N) is 1. The molecular formula is C6H6NNdO6. The van der Waals surface area contributed by atoms with Gasteiger partial charge in [0.1, 0.15) is 0 Å². The first-order valence-electron chi connectivity index (χ1n) is 3.23. The summed E-state index contributed by atoms with van der Waals surface area (Å²) in [6.45, 7) is -2.37. The third-order valence-corrected chi connectivity index (χ3v) is 1.06. The summed E-state index contributed by atoms with van der Waals surface area (Å²) in [6.07, 6.45) is 0. The summed E-state index contributed by atoms with van der Waals surface area (Å²) >= 11 is 0. The molecule has 0 fully saturated rings. The van der Waals surface area contributed by atoms with E-state index in [4.69, 9.17) is 0 Å². The zero-order chi connectivity index (χ0) is 10.4. The van der Waals surface area contributed by atoms with Crippen LogP contribution < -0.4 is 15.3 Å². The van der Waals surface area contributed by atoms with Crippen molar-refractivity contribution in [1.29, 1.82) is 0 Å². The summed E-state index contributed by atoms with van der Waals surface area (Å²) in [5, 5.41) is 30.0. The van der Waals surface area contributed by atoms with Crippen molar-refractivity contribution in [3.63, 3.8) is 0 Å². The third kappa shape index (κ3) is 9.81. The second kappa shape index (κ2) is 8.06. The van der Waals surface area contributed by atoms with E-state index in [1.54, 1.807) is 0 Å². The van der Waals surface area contributed by atoms with Gasteiger partial charge in [-0.2, -0.15) is 0 Å². The summed E-state index contributed by atoms with van der Waals surface area (Å²) < 4.78 is 0. The molecule has 0 heterocycles. The number of aliphatic carboxylic acids is 3. The molecule has 0 aliphatic heterocycles. The van der Waals surface area contributed by atoms with Gasteiger partial charge in [-0.05, 0) is 0 Å². The molecule has 0 aliphatic carbocycles. The molecule has 0 bridgehead atoms. The van der Waals surface area contributed by atoms with Crippen LogP contribution >= 0.6 is 0 Å². The summed E-state index contributed by atoms with van der Waals surface area (Å²) in [5.74, 6) is -4.70. The monoisotopic (exact) mass is 330 g/mol. The van der Waals surface area contributed by atoms with Gasteiger partial charge in [0.25, 0.3) is 0 Å². The van der Waals surface area contributed by atoms with E-state index in [9.17, 15) is 29.7 Å². The summed E-state index contributed by atoms with van der Waals surface area (Å²) in [5.41, 5.74) is 0.